The first-order valence-corrected chi connectivity index (χ1v) is 14.8. The van der Waals surface area contributed by atoms with Crippen molar-refractivity contribution in [3.63, 3.8) is 0 Å². The molecule has 3 heteroatoms. The highest BCUT2D eigenvalue weighted by molar-refractivity contribution is 6.13. The van der Waals surface area contributed by atoms with E-state index in [2.05, 4.69) is 121 Å². The van der Waals surface area contributed by atoms with Gasteiger partial charge in [0.1, 0.15) is 12.0 Å². The Balaban J connectivity index is 1.27. The Labute approximate surface area is 250 Å². The zero-order valence-corrected chi connectivity index (χ0v) is 23.4. The summed E-state index contributed by atoms with van der Waals surface area (Å²) in [6.07, 6.45) is -0.291. The van der Waals surface area contributed by atoms with Gasteiger partial charge in [0.15, 0.2) is 5.84 Å². The fourth-order valence-corrected chi connectivity index (χ4v) is 7.36. The molecule has 0 saturated carbocycles. The van der Waals surface area contributed by atoms with Crippen LogP contribution in [0.4, 0.5) is 0 Å². The highest BCUT2D eigenvalue weighted by Crippen LogP contribution is 2.62. The third kappa shape index (κ3) is 3.42. The molecule has 1 N–H and O–H groups in total. The van der Waals surface area contributed by atoms with Crippen LogP contribution in [-0.4, -0.2) is 11.7 Å². The topological polar surface area (TPSA) is 36.8 Å². The molecule has 3 aliphatic rings. The number of amidine groups is 2. The Kier molecular flexibility index (Phi) is 5.17. The Bertz CT molecular complexity index is 2040. The van der Waals surface area contributed by atoms with E-state index >= 15 is 0 Å². The molecule has 0 amide bonds. The van der Waals surface area contributed by atoms with Crippen molar-refractivity contribution in [2.24, 2.45) is 9.98 Å². The molecule has 1 spiro atoms. The van der Waals surface area contributed by atoms with Crippen molar-refractivity contribution in [1.29, 1.82) is 0 Å². The van der Waals surface area contributed by atoms with Crippen molar-refractivity contribution >= 4 is 11.7 Å². The van der Waals surface area contributed by atoms with Crippen LogP contribution in [0.5, 0.6) is 0 Å². The van der Waals surface area contributed by atoms with E-state index < -0.39 is 0 Å². The molecule has 0 aromatic heterocycles. The number of rotatable bonds is 3. The number of benzene rings is 6. The summed E-state index contributed by atoms with van der Waals surface area (Å²) in [5, 5.41) is 3.68. The lowest BCUT2D eigenvalue weighted by molar-refractivity contribution is 0.670. The van der Waals surface area contributed by atoms with Gasteiger partial charge in [-0.05, 0) is 56.1 Å². The molecule has 0 radical (unpaired) electrons. The van der Waals surface area contributed by atoms with Gasteiger partial charge in [0.2, 0.25) is 0 Å². The minimum Gasteiger partial charge on any atom is -0.344 e. The van der Waals surface area contributed by atoms with Gasteiger partial charge in [0.05, 0.1) is 5.41 Å². The number of hydrogen-bond donors (Lipinski definition) is 1. The lowest BCUT2D eigenvalue weighted by atomic mass is 9.70. The Morgan fingerprint density at radius 1 is 0.465 bits per heavy atom. The lowest BCUT2D eigenvalue weighted by Gasteiger charge is -2.31. The summed E-state index contributed by atoms with van der Waals surface area (Å²) in [5.74, 6) is 1.56. The van der Waals surface area contributed by atoms with Crippen LogP contribution in [0.25, 0.3) is 22.3 Å². The van der Waals surface area contributed by atoms with Crippen LogP contribution in [-0.2, 0) is 5.41 Å². The third-order valence-corrected chi connectivity index (χ3v) is 9.16. The maximum Gasteiger partial charge on any atom is 0.159 e. The highest BCUT2D eigenvalue weighted by atomic mass is 15.2. The summed E-state index contributed by atoms with van der Waals surface area (Å²) < 4.78 is 0. The van der Waals surface area contributed by atoms with Crippen LogP contribution in [0, 0.1) is 0 Å². The predicted molar refractivity (Wildman–Crippen MR) is 175 cm³/mol. The lowest BCUT2D eigenvalue weighted by Crippen LogP contribution is -2.34. The van der Waals surface area contributed by atoms with E-state index in [1.165, 1.54) is 44.5 Å². The zero-order valence-electron chi connectivity index (χ0n) is 23.4. The first-order chi connectivity index (χ1) is 21.3. The van der Waals surface area contributed by atoms with Crippen LogP contribution in [0.1, 0.15) is 45.1 Å². The Morgan fingerprint density at radius 2 is 0.953 bits per heavy atom. The number of fused-ring (bicyclic) bond motifs is 10. The molecular formula is C40H27N3. The highest BCUT2D eigenvalue weighted by Gasteiger charge is 2.51. The van der Waals surface area contributed by atoms with Gasteiger partial charge in [-0.15, -0.1) is 0 Å². The first-order valence-electron chi connectivity index (χ1n) is 14.8. The molecule has 0 saturated heterocycles. The minimum atomic E-state index is -0.383. The molecular weight excluding hydrogens is 522 g/mol. The molecule has 0 fully saturated rings. The van der Waals surface area contributed by atoms with Crippen molar-refractivity contribution in [3.05, 3.63) is 191 Å². The molecule has 43 heavy (non-hydrogen) atoms. The predicted octanol–water partition coefficient (Wildman–Crippen LogP) is 8.53. The maximum absolute atomic E-state index is 5.19. The average Bonchev–Trinajstić information content (AvgIpc) is 3.56. The Morgan fingerprint density at radius 3 is 1.53 bits per heavy atom. The molecule has 6 aromatic carbocycles. The van der Waals surface area contributed by atoms with Gasteiger partial charge in [0, 0.05) is 11.1 Å². The molecule has 2 aliphatic carbocycles. The second-order valence-electron chi connectivity index (χ2n) is 11.4. The molecule has 1 heterocycles. The van der Waals surface area contributed by atoms with Crippen LogP contribution in [0.3, 0.4) is 0 Å². The van der Waals surface area contributed by atoms with Crippen LogP contribution < -0.4 is 5.32 Å². The number of nitrogens with zero attached hydrogens (tertiary/aromatic N) is 2. The van der Waals surface area contributed by atoms with Gasteiger partial charge < -0.3 is 5.32 Å². The quantitative estimate of drug-likeness (QED) is 0.236. The van der Waals surface area contributed by atoms with E-state index in [-0.39, 0.29) is 11.6 Å². The molecule has 202 valence electrons. The van der Waals surface area contributed by atoms with Gasteiger partial charge in [-0.3, -0.25) is 0 Å². The van der Waals surface area contributed by atoms with E-state index in [0.29, 0.717) is 0 Å². The third-order valence-electron chi connectivity index (χ3n) is 9.16. The van der Waals surface area contributed by atoms with Crippen LogP contribution >= 0.6 is 0 Å². The molecule has 9 rings (SSSR count). The standard InChI is InChI=1S/C40H27N3/c1-3-13-26(14-4-1)37-41-38(27-15-5-2-6-16-27)43-39(42-37)28-23-24-32-31-19-9-12-22-35(31)40(36(32)25-28)33-20-10-7-17-29(33)30-18-8-11-21-34(30)40/h1-25,39H,(H,41,42,43). The largest absolute Gasteiger partial charge is 0.344 e. The van der Waals surface area contributed by atoms with Gasteiger partial charge in [0.25, 0.3) is 0 Å². The SMILES string of the molecule is c1ccc(C2=NC(c3ccc4c(c3)C3(c5ccccc5-c5ccccc53)c3ccccc3-4)NC(c3ccccc3)=N2)cc1. The Hall–Kier alpha value is -5.54. The number of aliphatic imine (C=N–C) groups is 2. The summed E-state index contributed by atoms with van der Waals surface area (Å²) >= 11 is 0. The molecule has 1 unspecified atom stereocenters. The van der Waals surface area contributed by atoms with Crippen molar-refractivity contribution in [3.8, 4) is 22.3 Å². The summed E-state index contributed by atoms with van der Waals surface area (Å²) in [7, 11) is 0. The van der Waals surface area contributed by atoms with E-state index in [0.717, 1.165) is 28.4 Å². The summed E-state index contributed by atoms with van der Waals surface area (Å²) in [4.78, 5) is 10.2. The van der Waals surface area contributed by atoms with Gasteiger partial charge in [-0.1, -0.05) is 146 Å². The molecule has 1 atom stereocenters. The van der Waals surface area contributed by atoms with Crippen molar-refractivity contribution in [1.82, 2.24) is 5.32 Å². The second-order valence-corrected chi connectivity index (χ2v) is 11.4. The fourth-order valence-electron chi connectivity index (χ4n) is 7.36. The average molecular weight is 550 g/mol. The summed E-state index contributed by atoms with van der Waals surface area (Å²) in [5.41, 5.74) is 13.3. The maximum atomic E-state index is 5.19. The van der Waals surface area contributed by atoms with E-state index in [1.807, 2.05) is 36.4 Å². The van der Waals surface area contributed by atoms with Gasteiger partial charge in [-0.2, -0.15) is 0 Å². The minimum absolute atomic E-state index is 0.291. The van der Waals surface area contributed by atoms with Gasteiger partial charge >= 0.3 is 0 Å². The van der Waals surface area contributed by atoms with E-state index in [9.17, 15) is 0 Å². The normalized spacial score (nSPS) is 16.8. The molecule has 6 aromatic rings. The zero-order chi connectivity index (χ0) is 28.4. The van der Waals surface area contributed by atoms with Crippen LogP contribution in [0.2, 0.25) is 0 Å². The molecule has 0 bridgehead atoms. The molecule has 1 aliphatic heterocycles. The second kappa shape index (κ2) is 9.23. The monoisotopic (exact) mass is 549 g/mol. The first kappa shape index (κ1) is 24.1. The summed E-state index contributed by atoms with van der Waals surface area (Å²) in [6.45, 7) is 0. The fraction of sp³-hybridized carbons (Fsp3) is 0.0500. The van der Waals surface area contributed by atoms with Crippen molar-refractivity contribution in [2.45, 2.75) is 11.6 Å². The smallest absolute Gasteiger partial charge is 0.159 e. The summed E-state index contributed by atoms with van der Waals surface area (Å²) in [6, 6.07) is 54.3. The number of hydrogen-bond acceptors (Lipinski definition) is 3. The van der Waals surface area contributed by atoms with E-state index in [4.69, 9.17) is 9.98 Å². The molecule has 3 nitrogen and oxygen atoms in total. The number of nitrogens with one attached hydrogen (secondary N) is 1. The van der Waals surface area contributed by atoms with Gasteiger partial charge in [-0.25, -0.2) is 9.98 Å². The van der Waals surface area contributed by atoms with Crippen molar-refractivity contribution in [2.75, 3.05) is 0 Å². The van der Waals surface area contributed by atoms with Crippen LogP contribution in [0.15, 0.2) is 162 Å². The van der Waals surface area contributed by atoms with E-state index in [1.54, 1.807) is 0 Å². The van der Waals surface area contributed by atoms with Crippen molar-refractivity contribution < 1.29 is 0 Å².